The first-order chi connectivity index (χ1) is 28.0. The molecule has 0 saturated carbocycles. The smallest absolute Gasteiger partial charge is 0.339 e. The van der Waals surface area contributed by atoms with Gasteiger partial charge in [-0.1, -0.05) is 0 Å². The van der Waals surface area contributed by atoms with E-state index in [4.69, 9.17) is 23.8 Å². The molecule has 0 atom stereocenters. The molecular weight excluding hydrogens is 797 g/mol. The van der Waals surface area contributed by atoms with Crippen molar-refractivity contribution >= 4 is 23.9 Å². The molecule has 15 nitrogen and oxygen atoms in total. The van der Waals surface area contributed by atoms with Gasteiger partial charge < -0.3 is 39.5 Å². The van der Waals surface area contributed by atoms with Gasteiger partial charge >= 0.3 is 23.9 Å². The highest BCUT2D eigenvalue weighted by atomic mass is 16.7. The van der Waals surface area contributed by atoms with E-state index in [1.807, 2.05) is 116 Å². The molecule has 62 heavy (non-hydrogen) atoms. The molecule has 0 aromatic heterocycles. The first kappa shape index (κ1) is 49.8. The molecule has 4 heterocycles. The third-order valence-corrected chi connectivity index (χ3v) is 13.2. The van der Waals surface area contributed by atoms with Gasteiger partial charge in [0, 0.05) is 95.7 Å². The normalized spacial score (nSPS) is 26.3. The lowest BCUT2D eigenvalue weighted by Crippen LogP contribution is -2.61. The van der Waals surface area contributed by atoms with Gasteiger partial charge in [-0.2, -0.15) is 15.2 Å². The first-order valence-electron chi connectivity index (χ1n) is 22.2. The van der Waals surface area contributed by atoms with Crippen molar-refractivity contribution in [3.05, 3.63) is 34.4 Å². The summed E-state index contributed by atoms with van der Waals surface area (Å²) < 4.78 is 24.8. The number of piperidine rings is 4. The summed E-state index contributed by atoms with van der Waals surface area (Å²) >= 11 is 0. The van der Waals surface area contributed by atoms with Crippen LogP contribution in [0.3, 0.4) is 0 Å². The third kappa shape index (κ3) is 10.7. The molecule has 350 valence electrons. The molecule has 3 N–H and O–H groups in total. The van der Waals surface area contributed by atoms with Gasteiger partial charge in [0.25, 0.3) is 0 Å². The van der Waals surface area contributed by atoms with Crippen molar-refractivity contribution in [2.75, 3.05) is 7.11 Å². The van der Waals surface area contributed by atoms with Crippen LogP contribution in [-0.2, 0) is 23.8 Å². The van der Waals surface area contributed by atoms with Crippen molar-refractivity contribution in [2.45, 2.75) is 231 Å². The van der Waals surface area contributed by atoms with Crippen LogP contribution in [0, 0.1) is 0 Å². The molecule has 0 amide bonds. The zero-order valence-corrected chi connectivity index (χ0v) is 40.5. The summed E-state index contributed by atoms with van der Waals surface area (Å²) in [5.41, 5.74) is -5.97. The van der Waals surface area contributed by atoms with Crippen LogP contribution in [0.4, 0.5) is 0 Å². The number of hydroxylamine groups is 6. The number of carbonyl (C=O) groups excluding carboxylic acids is 4. The summed E-state index contributed by atoms with van der Waals surface area (Å²) in [5, 5.41) is 30.0. The summed E-state index contributed by atoms with van der Waals surface area (Å²) in [6.07, 6.45) is 0.362. The van der Waals surface area contributed by atoms with E-state index in [0.717, 1.165) is 0 Å². The SMILES string of the molecule is CON1C(C)(C)CC(OC(=O)c2cc(C(=O)OC3CC(C)(C)NC(C)(C)C3)c(C(=O)OC3CC(C)(C)N(O)C(C)(C)C3)cc2C(=O)OC2CC(C)(C)N(O)C(C)(C)C2)CC1(C)C. The predicted molar refractivity (Wildman–Crippen MR) is 232 cm³/mol. The summed E-state index contributed by atoms with van der Waals surface area (Å²) in [7, 11) is 1.61. The molecule has 4 saturated heterocycles. The average molecular weight is 873 g/mol. The Bertz CT molecular complexity index is 1830. The largest absolute Gasteiger partial charge is 0.459 e. The van der Waals surface area contributed by atoms with E-state index in [2.05, 4.69) is 5.32 Å². The Morgan fingerprint density at radius 1 is 0.452 bits per heavy atom. The number of nitrogens with one attached hydrogen (secondary N) is 1. The van der Waals surface area contributed by atoms with Crippen molar-refractivity contribution in [3.8, 4) is 0 Å². The van der Waals surface area contributed by atoms with Crippen molar-refractivity contribution < 1.29 is 53.4 Å². The minimum atomic E-state index is -0.901. The van der Waals surface area contributed by atoms with Gasteiger partial charge in [-0.25, -0.2) is 19.2 Å². The molecule has 0 bridgehead atoms. The van der Waals surface area contributed by atoms with Gasteiger partial charge in [0.05, 0.1) is 29.4 Å². The van der Waals surface area contributed by atoms with Crippen LogP contribution in [0.1, 0.15) is 204 Å². The number of hydrogen-bond donors (Lipinski definition) is 3. The number of rotatable bonds is 9. The minimum Gasteiger partial charge on any atom is -0.459 e. The molecule has 4 aliphatic heterocycles. The number of esters is 4. The standard InChI is InChI=1S/C47H76N4O11/c1-40(2)20-28(21-41(3,4)48-40)59-36(52)32-18-35(39(55)62-31-26-46(13,14)51(58-17)47(15,16)27-31)34(38(54)61-30-24-44(9,10)50(57)45(11,12)25-30)19-33(32)37(53)60-29-22-42(5,6)49(56)43(7,8)23-29/h18-19,28-31,48,56-57H,20-27H2,1-17H3. The Hall–Kier alpha value is -3.18. The summed E-state index contributed by atoms with van der Waals surface area (Å²) in [4.78, 5) is 64.2. The topological polar surface area (TPSA) is 177 Å². The molecule has 1 aromatic rings. The molecule has 15 heteroatoms. The van der Waals surface area contributed by atoms with Gasteiger partial charge in [0.1, 0.15) is 24.4 Å². The lowest BCUT2D eigenvalue weighted by atomic mass is 9.80. The van der Waals surface area contributed by atoms with Crippen LogP contribution >= 0.6 is 0 Å². The van der Waals surface area contributed by atoms with E-state index in [-0.39, 0.29) is 59.0 Å². The van der Waals surface area contributed by atoms with E-state index in [0.29, 0.717) is 25.7 Å². The predicted octanol–water partition coefficient (Wildman–Crippen LogP) is 8.03. The van der Waals surface area contributed by atoms with E-state index in [9.17, 15) is 29.6 Å². The maximum atomic E-state index is 14.6. The fraction of sp³-hybridized carbons (Fsp3) is 0.787. The first-order valence-corrected chi connectivity index (χ1v) is 22.2. The van der Waals surface area contributed by atoms with Crippen LogP contribution in [0.2, 0.25) is 0 Å². The fourth-order valence-corrected chi connectivity index (χ4v) is 11.7. The molecule has 0 spiro atoms. The maximum Gasteiger partial charge on any atom is 0.339 e. The lowest BCUT2D eigenvalue weighted by Gasteiger charge is -2.52. The Labute approximate surface area is 369 Å². The fourth-order valence-electron chi connectivity index (χ4n) is 11.7. The Balaban J connectivity index is 1.62. The number of ether oxygens (including phenoxy) is 4. The Morgan fingerprint density at radius 3 is 0.919 bits per heavy atom. The van der Waals surface area contributed by atoms with Crippen LogP contribution in [0.25, 0.3) is 0 Å². The second-order valence-corrected chi connectivity index (χ2v) is 23.6. The second-order valence-electron chi connectivity index (χ2n) is 23.6. The molecule has 5 rings (SSSR count). The number of benzene rings is 1. The Morgan fingerprint density at radius 2 is 0.677 bits per heavy atom. The molecular formula is C47H76N4O11. The number of hydrogen-bond acceptors (Lipinski definition) is 15. The average Bonchev–Trinajstić information content (AvgIpc) is 3.06. The quantitative estimate of drug-likeness (QED) is 0.160. The number of nitrogens with zero attached hydrogens (tertiary/aromatic N) is 3. The maximum absolute atomic E-state index is 14.6. The van der Waals surface area contributed by atoms with E-state index in [1.165, 1.54) is 22.3 Å². The molecule has 0 radical (unpaired) electrons. The van der Waals surface area contributed by atoms with Gasteiger partial charge in [-0.05, 0) is 123 Å². The van der Waals surface area contributed by atoms with Gasteiger partial charge in [0.15, 0.2) is 0 Å². The van der Waals surface area contributed by atoms with E-state index >= 15 is 0 Å². The highest BCUT2D eigenvalue weighted by Gasteiger charge is 2.50. The Kier molecular flexibility index (Phi) is 13.4. The van der Waals surface area contributed by atoms with Gasteiger partial charge in [-0.3, -0.25) is 0 Å². The van der Waals surface area contributed by atoms with E-state index in [1.54, 1.807) is 7.11 Å². The molecule has 4 aliphatic rings. The van der Waals surface area contributed by atoms with Crippen LogP contribution in [-0.4, -0.2) is 125 Å². The number of carbonyl (C=O) groups is 4. The van der Waals surface area contributed by atoms with Crippen molar-refractivity contribution in [2.24, 2.45) is 0 Å². The highest BCUT2D eigenvalue weighted by molar-refractivity contribution is 6.10. The second kappa shape index (κ2) is 16.7. The molecule has 1 aromatic carbocycles. The summed E-state index contributed by atoms with van der Waals surface area (Å²) in [6, 6.07) is 2.41. The van der Waals surface area contributed by atoms with Crippen molar-refractivity contribution in [1.29, 1.82) is 0 Å². The van der Waals surface area contributed by atoms with Crippen molar-refractivity contribution in [3.63, 3.8) is 0 Å². The zero-order valence-electron chi connectivity index (χ0n) is 40.5. The van der Waals surface area contributed by atoms with Crippen LogP contribution in [0.15, 0.2) is 12.1 Å². The van der Waals surface area contributed by atoms with Gasteiger partial charge in [0.2, 0.25) is 0 Å². The lowest BCUT2D eigenvalue weighted by molar-refractivity contribution is -0.276. The van der Waals surface area contributed by atoms with Gasteiger partial charge in [-0.15, -0.1) is 0 Å². The monoisotopic (exact) mass is 873 g/mol. The van der Waals surface area contributed by atoms with Crippen LogP contribution in [0.5, 0.6) is 0 Å². The van der Waals surface area contributed by atoms with Crippen LogP contribution < -0.4 is 5.32 Å². The molecule has 0 unspecified atom stereocenters. The van der Waals surface area contributed by atoms with E-state index < -0.39 is 81.5 Å². The minimum absolute atomic E-state index is 0.253. The zero-order chi connectivity index (χ0) is 47.0. The molecule has 4 fully saturated rings. The summed E-state index contributed by atoms with van der Waals surface area (Å²) in [5.74, 6) is -3.53. The third-order valence-electron chi connectivity index (χ3n) is 13.2. The van der Waals surface area contributed by atoms with Crippen molar-refractivity contribution in [1.82, 2.24) is 20.5 Å². The highest BCUT2D eigenvalue weighted by Crippen LogP contribution is 2.42. The molecule has 0 aliphatic carbocycles. The summed E-state index contributed by atoms with van der Waals surface area (Å²) in [6.45, 7) is 30.8.